The molecule has 21 heavy (non-hydrogen) atoms. The lowest BCUT2D eigenvalue weighted by molar-refractivity contribution is -0.133. The van der Waals surface area contributed by atoms with Crippen LogP contribution in [0.3, 0.4) is 0 Å². The van der Waals surface area contributed by atoms with Gasteiger partial charge in [-0.25, -0.2) is 4.79 Å². The number of carbonyl (C=O) groups excluding carboxylic acids is 2. The summed E-state index contributed by atoms with van der Waals surface area (Å²) in [6.45, 7) is 9.81. The molecule has 0 spiro atoms. The van der Waals surface area contributed by atoms with E-state index in [1.54, 1.807) is 17.9 Å². The van der Waals surface area contributed by atoms with Gasteiger partial charge in [0.2, 0.25) is 0 Å². The van der Waals surface area contributed by atoms with Crippen LogP contribution in [0.25, 0.3) is 0 Å². The zero-order valence-corrected chi connectivity index (χ0v) is 12.7. The number of phenolic OH excluding ortho intramolecular Hbond substituents is 1. The molecular weight excluding hydrogens is 270 g/mol. The third-order valence-electron chi connectivity index (χ3n) is 2.90. The highest BCUT2D eigenvalue weighted by Crippen LogP contribution is 2.19. The number of amides is 1. The van der Waals surface area contributed by atoms with Gasteiger partial charge in [0.05, 0.1) is 0 Å². The molecule has 0 atom stereocenters. The van der Waals surface area contributed by atoms with Crippen LogP contribution in [0, 0.1) is 6.92 Å². The van der Waals surface area contributed by atoms with Crippen molar-refractivity contribution in [1.29, 1.82) is 0 Å². The molecular formula is C16H21NO4. The van der Waals surface area contributed by atoms with E-state index < -0.39 is 5.97 Å². The van der Waals surface area contributed by atoms with Gasteiger partial charge in [-0.1, -0.05) is 18.2 Å². The second-order valence-corrected chi connectivity index (χ2v) is 4.96. The van der Waals surface area contributed by atoms with Crippen molar-refractivity contribution in [2.24, 2.45) is 0 Å². The monoisotopic (exact) mass is 291 g/mol. The van der Waals surface area contributed by atoms with E-state index in [2.05, 4.69) is 6.58 Å². The molecule has 0 heterocycles. The van der Waals surface area contributed by atoms with Crippen molar-refractivity contribution >= 4 is 11.9 Å². The first kappa shape index (κ1) is 16.8. The number of aromatic hydroxyl groups is 1. The quantitative estimate of drug-likeness (QED) is 0.645. The first-order valence-electron chi connectivity index (χ1n) is 6.74. The van der Waals surface area contributed by atoms with E-state index in [0.29, 0.717) is 13.1 Å². The minimum absolute atomic E-state index is 0.0522. The molecule has 1 rings (SSSR count). The summed E-state index contributed by atoms with van der Waals surface area (Å²) in [6, 6.07) is 4.64. The Morgan fingerprint density at radius 3 is 2.57 bits per heavy atom. The van der Waals surface area contributed by atoms with Crippen LogP contribution < -0.4 is 0 Å². The molecule has 0 unspecified atom stereocenters. The molecule has 1 N–H and O–H groups in total. The Morgan fingerprint density at radius 1 is 1.38 bits per heavy atom. The summed E-state index contributed by atoms with van der Waals surface area (Å²) in [5.41, 5.74) is 1.74. The highest BCUT2D eigenvalue weighted by atomic mass is 16.5. The average molecular weight is 291 g/mol. The molecule has 0 aliphatic heterocycles. The van der Waals surface area contributed by atoms with Gasteiger partial charge in [0, 0.05) is 13.1 Å². The molecule has 0 fully saturated rings. The molecule has 0 aliphatic rings. The number of ether oxygens (including phenoxy) is 1. The molecule has 5 heteroatoms. The van der Waals surface area contributed by atoms with Gasteiger partial charge in [0.15, 0.2) is 6.61 Å². The third-order valence-corrected chi connectivity index (χ3v) is 2.90. The number of nitrogens with zero attached hydrogens (tertiary/aromatic N) is 1. The topological polar surface area (TPSA) is 66.8 Å². The number of rotatable bonds is 6. The smallest absolute Gasteiger partial charge is 0.342 e. The van der Waals surface area contributed by atoms with Gasteiger partial charge in [-0.05, 0) is 38.5 Å². The number of esters is 1. The number of hydrogen-bond acceptors (Lipinski definition) is 4. The standard InChI is InChI=1S/C16H21NO4/c1-5-17(9-11(2)3)15(19)10-21-16(20)13-7-6-12(4)8-14(13)18/h6-8,18H,2,5,9-10H2,1,3-4H3. The number of hydrogen-bond donors (Lipinski definition) is 1. The summed E-state index contributed by atoms with van der Waals surface area (Å²) in [6.07, 6.45) is 0. The Bertz CT molecular complexity index is 551. The maximum atomic E-state index is 11.9. The number of aryl methyl sites for hydroxylation is 1. The van der Waals surface area contributed by atoms with E-state index in [4.69, 9.17) is 4.74 Å². The van der Waals surface area contributed by atoms with Crippen LogP contribution in [0.4, 0.5) is 0 Å². The lowest BCUT2D eigenvalue weighted by atomic mass is 10.1. The molecule has 5 nitrogen and oxygen atoms in total. The van der Waals surface area contributed by atoms with E-state index in [1.807, 2.05) is 13.8 Å². The normalized spacial score (nSPS) is 10.0. The lowest BCUT2D eigenvalue weighted by Crippen LogP contribution is -2.35. The Hall–Kier alpha value is -2.30. The van der Waals surface area contributed by atoms with Crippen LogP contribution in [0.5, 0.6) is 5.75 Å². The van der Waals surface area contributed by atoms with Crippen LogP contribution in [0.2, 0.25) is 0 Å². The number of carbonyl (C=O) groups is 2. The number of likely N-dealkylation sites (N-methyl/N-ethyl adjacent to an activating group) is 1. The van der Waals surface area contributed by atoms with E-state index in [9.17, 15) is 14.7 Å². The van der Waals surface area contributed by atoms with Gasteiger partial charge in [0.1, 0.15) is 11.3 Å². The summed E-state index contributed by atoms with van der Waals surface area (Å²) >= 11 is 0. The number of phenols is 1. The minimum atomic E-state index is -0.716. The maximum Gasteiger partial charge on any atom is 0.342 e. The third kappa shape index (κ3) is 4.95. The van der Waals surface area contributed by atoms with Crippen LogP contribution in [-0.2, 0) is 9.53 Å². The molecule has 0 bridgehead atoms. The molecule has 114 valence electrons. The molecule has 0 saturated heterocycles. The van der Waals surface area contributed by atoms with Crippen molar-refractivity contribution in [3.05, 3.63) is 41.5 Å². The molecule has 1 aromatic rings. The summed E-state index contributed by atoms with van der Waals surface area (Å²) in [7, 11) is 0. The predicted molar refractivity (Wildman–Crippen MR) is 80.2 cm³/mol. The van der Waals surface area contributed by atoms with Crippen molar-refractivity contribution in [3.63, 3.8) is 0 Å². The Morgan fingerprint density at radius 2 is 2.05 bits per heavy atom. The largest absolute Gasteiger partial charge is 0.507 e. The summed E-state index contributed by atoms with van der Waals surface area (Å²) in [4.78, 5) is 25.3. The van der Waals surface area contributed by atoms with Crippen LogP contribution in [-0.4, -0.2) is 41.6 Å². The van der Waals surface area contributed by atoms with Crippen LogP contribution in [0.1, 0.15) is 29.8 Å². The van der Waals surface area contributed by atoms with Crippen molar-refractivity contribution in [2.45, 2.75) is 20.8 Å². The SMILES string of the molecule is C=C(C)CN(CC)C(=O)COC(=O)c1ccc(C)cc1O. The average Bonchev–Trinajstić information content (AvgIpc) is 2.41. The predicted octanol–water partition coefficient (Wildman–Crippen LogP) is 2.28. The highest BCUT2D eigenvalue weighted by Gasteiger charge is 2.17. The molecule has 0 radical (unpaired) electrons. The van der Waals surface area contributed by atoms with Gasteiger partial charge in [-0.2, -0.15) is 0 Å². The van der Waals surface area contributed by atoms with Crippen LogP contribution >= 0.6 is 0 Å². The lowest BCUT2D eigenvalue weighted by Gasteiger charge is -2.20. The fraction of sp³-hybridized carbons (Fsp3) is 0.375. The second-order valence-electron chi connectivity index (χ2n) is 4.96. The van der Waals surface area contributed by atoms with E-state index in [1.165, 1.54) is 12.1 Å². The maximum absolute atomic E-state index is 11.9. The molecule has 1 aromatic carbocycles. The summed E-state index contributed by atoms with van der Waals surface area (Å²) in [5, 5.41) is 9.69. The van der Waals surface area contributed by atoms with Crippen molar-refractivity contribution in [2.75, 3.05) is 19.7 Å². The van der Waals surface area contributed by atoms with Gasteiger partial charge < -0.3 is 14.7 Å². The molecule has 0 aliphatic carbocycles. The van der Waals surface area contributed by atoms with Crippen molar-refractivity contribution in [3.8, 4) is 5.75 Å². The molecule has 0 saturated carbocycles. The molecule has 1 amide bonds. The zero-order chi connectivity index (χ0) is 16.0. The highest BCUT2D eigenvalue weighted by molar-refractivity contribution is 5.93. The number of benzene rings is 1. The Labute approximate surface area is 124 Å². The summed E-state index contributed by atoms with van der Waals surface area (Å²) in [5.74, 6) is -1.16. The van der Waals surface area contributed by atoms with E-state index >= 15 is 0 Å². The summed E-state index contributed by atoms with van der Waals surface area (Å²) < 4.78 is 4.96. The van der Waals surface area contributed by atoms with E-state index in [0.717, 1.165) is 11.1 Å². The zero-order valence-electron chi connectivity index (χ0n) is 12.7. The fourth-order valence-corrected chi connectivity index (χ4v) is 1.81. The van der Waals surface area contributed by atoms with Crippen molar-refractivity contribution < 1.29 is 19.4 Å². The minimum Gasteiger partial charge on any atom is -0.507 e. The first-order chi connectivity index (χ1) is 9.85. The van der Waals surface area contributed by atoms with Gasteiger partial charge in [-0.3, -0.25) is 4.79 Å². The Balaban J connectivity index is 2.63. The Kier molecular flexibility index (Phi) is 5.96. The molecule has 0 aromatic heterocycles. The second kappa shape index (κ2) is 7.47. The van der Waals surface area contributed by atoms with E-state index in [-0.39, 0.29) is 23.8 Å². The first-order valence-corrected chi connectivity index (χ1v) is 6.74. The van der Waals surface area contributed by atoms with Crippen molar-refractivity contribution in [1.82, 2.24) is 4.90 Å². The van der Waals surface area contributed by atoms with Gasteiger partial charge in [-0.15, -0.1) is 0 Å². The van der Waals surface area contributed by atoms with Gasteiger partial charge >= 0.3 is 5.97 Å². The van der Waals surface area contributed by atoms with Crippen LogP contribution in [0.15, 0.2) is 30.4 Å². The fourth-order valence-electron chi connectivity index (χ4n) is 1.81. The van der Waals surface area contributed by atoms with Gasteiger partial charge in [0.25, 0.3) is 5.91 Å².